The third kappa shape index (κ3) is 2.49. The largest absolute Gasteiger partial charge is 0.324 e. The molecule has 1 nitrogen and oxygen atoms in total. The van der Waals surface area contributed by atoms with Gasteiger partial charge in [0.1, 0.15) is 5.82 Å². The predicted octanol–water partition coefficient (Wildman–Crippen LogP) is 3.44. The molecule has 2 aromatic rings. The summed E-state index contributed by atoms with van der Waals surface area (Å²) in [4.78, 5) is 0. The van der Waals surface area contributed by atoms with E-state index in [4.69, 9.17) is 5.73 Å². The molecule has 84 valence electrons. The van der Waals surface area contributed by atoms with E-state index in [1.165, 1.54) is 11.6 Å². The minimum atomic E-state index is -0.269. The molecule has 0 aliphatic carbocycles. The number of nitrogens with two attached hydrogens (primary N) is 1. The average molecular weight is 235 g/mol. The van der Waals surface area contributed by atoms with Crippen LogP contribution in [-0.4, -0.2) is 0 Å². The van der Waals surface area contributed by atoms with Crippen LogP contribution in [0.2, 0.25) is 0 Å². The Labute approximate surface area is 98.7 Å². The van der Waals surface area contributed by atoms with Gasteiger partial charge < -0.3 is 5.73 Å². The zero-order valence-electron chi connectivity index (χ0n) is 9.11. The zero-order valence-corrected chi connectivity index (χ0v) is 9.93. The maximum absolute atomic E-state index is 13.6. The molecule has 0 aliphatic rings. The summed E-state index contributed by atoms with van der Waals surface area (Å²) in [5.74, 6) is -0.215. The van der Waals surface area contributed by atoms with Crippen molar-refractivity contribution in [2.75, 3.05) is 0 Å². The Balaban J connectivity index is 2.20. The first-order valence-electron chi connectivity index (χ1n) is 5.19. The number of halogens is 1. The predicted molar refractivity (Wildman–Crippen MR) is 66.1 cm³/mol. The highest BCUT2D eigenvalue weighted by Gasteiger charge is 2.12. The molecule has 0 bridgehead atoms. The number of thiophene rings is 1. The number of hydrogen-bond acceptors (Lipinski definition) is 2. The molecule has 0 saturated heterocycles. The lowest BCUT2D eigenvalue weighted by atomic mass is 9.99. The fourth-order valence-electron chi connectivity index (χ4n) is 1.72. The summed E-state index contributed by atoms with van der Waals surface area (Å²) in [7, 11) is 0. The SMILES string of the molecule is Cc1ccc(F)c(C(N)Cc2ccsc2)c1. The molecule has 3 heteroatoms. The summed E-state index contributed by atoms with van der Waals surface area (Å²) < 4.78 is 13.6. The number of aryl methyl sites for hydroxylation is 1. The highest BCUT2D eigenvalue weighted by atomic mass is 32.1. The van der Waals surface area contributed by atoms with Crippen molar-refractivity contribution in [2.24, 2.45) is 5.73 Å². The maximum Gasteiger partial charge on any atom is 0.128 e. The van der Waals surface area contributed by atoms with Crippen LogP contribution in [0.15, 0.2) is 35.0 Å². The highest BCUT2D eigenvalue weighted by molar-refractivity contribution is 7.07. The normalized spacial score (nSPS) is 12.7. The Bertz CT molecular complexity index is 465. The molecular weight excluding hydrogens is 221 g/mol. The molecule has 1 atom stereocenters. The van der Waals surface area contributed by atoms with Gasteiger partial charge in [0.2, 0.25) is 0 Å². The van der Waals surface area contributed by atoms with Gasteiger partial charge in [-0.2, -0.15) is 11.3 Å². The minimum Gasteiger partial charge on any atom is -0.324 e. The molecule has 2 N–H and O–H groups in total. The Morgan fingerprint density at radius 3 is 2.88 bits per heavy atom. The maximum atomic E-state index is 13.6. The van der Waals surface area contributed by atoms with Crippen LogP contribution in [0.3, 0.4) is 0 Å². The summed E-state index contributed by atoms with van der Waals surface area (Å²) in [5, 5.41) is 4.06. The molecule has 1 unspecified atom stereocenters. The number of hydrogen-bond donors (Lipinski definition) is 1. The van der Waals surface area contributed by atoms with Crippen molar-refractivity contribution >= 4 is 11.3 Å². The molecule has 1 aromatic carbocycles. The van der Waals surface area contributed by atoms with Crippen molar-refractivity contribution in [3.05, 3.63) is 57.5 Å². The van der Waals surface area contributed by atoms with E-state index >= 15 is 0 Å². The lowest BCUT2D eigenvalue weighted by Gasteiger charge is -2.12. The molecule has 0 spiro atoms. The lowest BCUT2D eigenvalue weighted by Crippen LogP contribution is -2.14. The molecule has 0 aliphatic heterocycles. The summed E-state index contributed by atoms with van der Waals surface area (Å²) in [6, 6.07) is 6.83. The van der Waals surface area contributed by atoms with E-state index < -0.39 is 0 Å². The molecule has 0 fully saturated rings. The van der Waals surface area contributed by atoms with Crippen LogP contribution in [0.4, 0.5) is 4.39 Å². The van der Waals surface area contributed by atoms with Crippen LogP contribution in [-0.2, 0) is 6.42 Å². The fourth-order valence-corrected chi connectivity index (χ4v) is 2.40. The molecule has 16 heavy (non-hydrogen) atoms. The summed E-state index contributed by atoms with van der Waals surface area (Å²) in [6.07, 6.45) is 0.684. The third-order valence-electron chi connectivity index (χ3n) is 2.59. The molecule has 0 saturated carbocycles. The second kappa shape index (κ2) is 4.76. The van der Waals surface area contributed by atoms with Crippen LogP contribution in [0.25, 0.3) is 0 Å². The van der Waals surface area contributed by atoms with Gasteiger partial charge in [0.25, 0.3) is 0 Å². The van der Waals surface area contributed by atoms with Crippen molar-refractivity contribution in [1.29, 1.82) is 0 Å². The molecular formula is C13H14FNS. The average Bonchev–Trinajstić information content (AvgIpc) is 2.74. The van der Waals surface area contributed by atoms with Crippen molar-refractivity contribution < 1.29 is 4.39 Å². The van der Waals surface area contributed by atoms with Crippen LogP contribution < -0.4 is 5.73 Å². The number of rotatable bonds is 3. The van der Waals surface area contributed by atoms with E-state index in [2.05, 4.69) is 0 Å². The quantitative estimate of drug-likeness (QED) is 0.866. The second-order valence-corrected chi connectivity index (χ2v) is 4.75. The van der Waals surface area contributed by atoms with Crippen LogP contribution >= 0.6 is 11.3 Å². The van der Waals surface area contributed by atoms with Crippen LogP contribution in [0.5, 0.6) is 0 Å². The van der Waals surface area contributed by atoms with Gasteiger partial charge in [0, 0.05) is 11.6 Å². The van der Waals surface area contributed by atoms with Crippen molar-refractivity contribution in [1.82, 2.24) is 0 Å². The Kier molecular flexibility index (Phi) is 3.36. The monoisotopic (exact) mass is 235 g/mol. The lowest BCUT2D eigenvalue weighted by molar-refractivity contribution is 0.580. The first-order chi connectivity index (χ1) is 7.66. The minimum absolute atomic E-state index is 0.215. The van der Waals surface area contributed by atoms with Gasteiger partial charge in [-0.05, 0) is 41.8 Å². The van der Waals surface area contributed by atoms with Crippen molar-refractivity contribution in [3.63, 3.8) is 0 Å². The van der Waals surface area contributed by atoms with Gasteiger partial charge in [-0.1, -0.05) is 17.7 Å². The van der Waals surface area contributed by atoms with Crippen LogP contribution in [0, 0.1) is 12.7 Å². The first-order valence-corrected chi connectivity index (χ1v) is 6.14. The summed E-state index contributed by atoms with van der Waals surface area (Å²) in [5.41, 5.74) is 8.83. The van der Waals surface area contributed by atoms with Gasteiger partial charge in [-0.25, -0.2) is 4.39 Å². The Morgan fingerprint density at radius 2 is 2.19 bits per heavy atom. The third-order valence-corrected chi connectivity index (χ3v) is 3.32. The second-order valence-electron chi connectivity index (χ2n) is 3.97. The molecule has 1 heterocycles. The fraction of sp³-hybridized carbons (Fsp3) is 0.231. The molecule has 0 radical (unpaired) electrons. The van der Waals surface area contributed by atoms with Crippen molar-refractivity contribution in [2.45, 2.75) is 19.4 Å². The Morgan fingerprint density at radius 1 is 1.38 bits per heavy atom. The van der Waals surface area contributed by atoms with E-state index in [0.717, 1.165) is 5.56 Å². The van der Waals surface area contributed by atoms with Gasteiger partial charge in [0.05, 0.1) is 0 Å². The van der Waals surface area contributed by atoms with Gasteiger partial charge >= 0.3 is 0 Å². The zero-order chi connectivity index (χ0) is 11.5. The van der Waals surface area contributed by atoms with Gasteiger partial charge in [-0.15, -0.1) is 0 Å². The van der Waals surface area contributed by atoms with Crippen molar-refractivity contribution in [3.8, 4) is 0 Å². The molecule has 1 aromatic heterocycles. The topological polar surface area (TPSA) is 26.0 Å². The number of benzene rings is 1. The van der Waals surface area contributed by atoms with Crippen LogP contribution in [0.1, 0.15) is 22.7 Å². The summed E-state index contributed by atoms with van der Waals surface area (Å²) in [6.45, 7) is 1.94. The first kappa shape index (κ1) is 11.3. The smallest absolute Gasteiger partial charge is 0.128 e. The molecule has 0 amide bonds. The van der Waals surface area contributed by atoms with Gasteiger partial charge in [-0.3, -0.25) is 0 Å². The van der Waals surface area contributed by atoms with E-state index in [1.54, 1.807) is 17.4 Å². The molecule has 2 rings (SSSR count). The van der Waals surface area contributed by atoms with E-state index in [1.807, 2.05) is 29.8 Å². The highest BCUT2D eigenvalue weighted by Crippen LogP contribution is 2.21. The van der Waals surface area contributed by atoms with E-state index in [0.29, 0.717) is 12.0 Å². The van der Waals surface area contributed by atoms with E-state index in [-0.39, 0.29) is 11.9 Å². The Hall–Kier alpha value is -1.19. The van der Waals surface area contributed by atoms with Gasteiger partial charge in [0.15, 0.2) is 0 Å². The van der Waals surface area contributed by atoms with E-state index in [9.17, 15) is 4.39 Å². The summed E-state index contributed by atoms with van der Waals surface area (Å²) >= 11 is 1.63. The standard InChI is InChI=1S/C13H14FNS/c1-9-2-3-12(14)11(6-9)13(15)7-10-4-5-16-8-10/h2-6,8,13H,7,15H2,1H3.